The van der Waals surface area contributed by atoms with E-state index in [0.717, 1.165) is 11.4 Å². The van der Waals surface area contributed by atoms with Crippen molar-refractivity contribution in [3.8, 4) is 0 Å². The Morgan fingerprint density at radius 1 is 1.00 bits per heavy atom. The number of hydrogen-bond donors (Lipinski definition) is 0. The van der Waals surface area contributed by atoms with Crippen molar-refractivity contribution in [3.05, 3.63) is 65.0 Å². The Balaban J connectivity index is 2.30. The van der Waals surface area contributed by atoms with Crippen molar-refractivity contribution >= 4 is 11.6 Å². The van der Waals surface area contributed by atoms with Gasteiger partial charge in [0.15, 0.2) is 0 Å². The molecular weight excluding hydrogens is 206 g/mol. The Hall–Kier alpha value is -1.89. The fraction of sp³-hybridized carbons (Fsp3) is 0.188. The van der Waals surface area contributed by atoms with Crippen LogP contribution in [0.15, 0.2) is 42.5 Å². The molecule has 0 aliphatic rings. The first-order chi connectivity index (χ1) is 8.15. The second-order valence-corrected chi connectivity index (χ2v) is 4.40. The van der Waals surface area contributed by atoms with Crippen LogP contribution in [-0.2, 0) is 0 Å². The van der Waals surface area contributed by atoms with Crippen LogP contribution in [0.1, 0.15) is 29.4 Å². The standard InChI is InChI=1S/C16H17N/c1-12-7-9-15(10-8-12)13(2)11-16-6-4-5-14(3)17-16/h4-11H,1-3H3. The highest BCUT2D eigenvalue weighted by Gasteiger charge is 1.97. The largest absolute Gasteiger partial charge is 0.254 e. The van der Waals surface area contributed by atoms with Gasteiger partial charge in [0.25, 0.3) is 0 Å². The molecule has 0 radical (unpaired) electrons. The molecule has 0 amide bonds. The lowest BCUT2D eigenvalue weighted by molar-refractivity contribution is 1.18. The lowest BCUT2D eigenvalue weighted by Crippen LogP contribution is -1.86. The molecule has 0 aliphatic heterocycles. The van der Waals surface area contributed by atoms with Crippen molar-refractivity contribution in [2.75, 3.05) is 0 Å². The average Bonchev–Trinajstić information content (AvgIpc) is 2.29. The maximum atomic E-state index is 4.48. The number of aromatic nitrogens is 1. The summed E-state index contributed by atoms with van der Waals surface area (Å²) in [6, 6.07) is 14.7. The van der Waals surface area contributed by atoms with Gasteiger partial charge in [-0.05, 0) is 50.1 Å². The molecular formula is C16H17N. The summed E-state index contributed by atoms with van der Waals surface area (Å²) in [6.45, 7) is 6.23. The Morgan fingerprint density at radius 3 is 2.35 bits per heavy atom. The van der Waals surface area contributed by atoms with E-state index in [4.69, 9.17) is 0 Å². The van der Waals surface area contributed by atoms with Crippen LogP contribution in [0.25, 0.3) is 11.6 Å². The monoisotopic (exact) mass is 223 g/mol. The number of rotatable bonds is 2. The van der Waals surface area contributed by atoms with Crippen molar-refractivity contribution in [2.24, 2.45) is 0 Å². The van der Waals surface area contributed by atoms with Gasteiger partial charge in [-0.1, -0.05) is 35.9 Å². The molecule has 1 heterocycles. The van der Waals surface area contributed by atoms with Crippen LogP contribution in [0.3, 0.4) is 0 Å². The van der Waals surface area contributed by atoms with Crippen LogP contribution >= 0.6 is 0 Å². The summed E-state index contributed by atoms with van der Waals surface area (Å²) < 4.78 is 0. The van der Waals surface area contributed by atoms with Crippen LogP contribution < -0.4 is 0 Å². The van der Waals surface area contributed by atoms with E-state index in [1.165, 1.54) is 16.7 Å². The minimum absolute atomic E-state index is 1.02. The fourth-order valence-electron chi connectivity index (χ4n) is 1.77. The van der Waals surface area contributed by atoms with Gasteiger partial charge in [0.05, 0.1) is 5.69 Å². The molecule has 1 heteroatoms. The van der Waals surface area contributed by atoms with Gasteiger partial charge in [-0.3, -0.25) is 4.98 Å². The lowest BCUT2D eigenvalue weighted by atomic mass is 10.0. The number of hydrogen-bond acceptors (Lipinski definition) is 1. The molecule has 0 saturated carbocycles. The first-order valence-electron chi connectivity index (χ1n) is 5.84. The van der Waals surface area contributed by atoms with Gasteiger partial charge in [-0.15, -0.1) is 0 Å². The van der Waals surface area contributed by atoms with E-state index in [9.17, 15) is 0 Å². The summed E-state index contributed by atoms with van der Waals surface area (Å²) in [6.07, 6.45) is 2.12. The Bertz CT molecular complexity index is 536. The molecule has 17 heavy (non-hydrogen) atoms. The van der Waals surface area contributed by atoms with Gasteiger partial charge in [0.1, 0.15) is 0 Å². The van der Waals surface area contributed by atoms with Crippen molar-refractivity contribution in [2.45, 2.75) is 20.8 Å². The maximum absolute atomic E-state index is 4.48. The van der Waals surface area contributed by atoms with E-state index >= 15 is 0 Å². The molecule has 0 aliphatic carbocycles. The summed E-state index contributed by atoms with van der Waals surface area (Å²) in [4.78, 5) is 4.48. The first-order valence-corrected chi connectivity index (χ1v) is 5.84. The average molecular weight is 223 g/mol. The predicted molar refractivity (Wildman–Crippen MR) is 73.7 cm³/mol. The molecule has 1 nitrogen and oxygen atoms in total. The smallest absolute Gasteiger partial charge is 0.0635 e. The Kier molecular flexibility index (Phi) is 3.38. The number of nitrogens with zero attached hydrogens (tertiary/aromatic N) is 1. The number of allylic oxidation sites excluding steroid dienone is 1. The van der Waals surface area contributed by atoms with E-state index in [-0.39, 0.29) is 0 Å². The van der Waals surface area contributed by atoms with E-state index in [1.54, 1.807) is 0 Å². The zero-order chi connectivity index (χ0) is 12.3. The van der Waals surface area contributed by atoms with Crippen LogP contribution in [0, 0.1) is 13.8 Å². The summed E-state index contributed by atoms with van der Waals surface area (Å²) >= 11 is 0. The maximum Gasteiger partial charge on any atom is 0.0635 e. The van der Waals surface area contributed by atoms with Crippen molar-refractivity contribution in [1.82, 2.24) is 4.98 Å². The van der Waals surface area contributed by atoms with Crippen LogP contribution in [0.4, 0.5) is 0 Å². The third kappa shape index (κ3) is 3.04. The highest BCUT2D eigenvalue weighted by Crippen LogP contribution is 2.17. The highest BCUT2D eigenvalue weighted by atomic mass is 14.7. The number of pyridine rings is 1. The van der Waals surface area contributed by atoms with Crippen LogP contribution in [0.5, 0.6) is 0 Å². The lowest BCUT2D eigenvalue weighted by Gasteiger charge is -2.03. The molecule has 0 saturated heterocycles. The highest BCUT2D eigenvalue weighted by molar-refractivity contribution is 5.79. The van der Waals surface area contributed by atoms with E-state index in [0.29, 0.717) is 0 Å². The Labute approximate surface area is 103 Å². The topological polar surface area (TPSA) is 12.9 Å². The number of aryl methyl sites for hydroxylation is 2. The zero-order valence-corrected chi connectivity index (χ0v) is 10.6. The molecule has 0 spiro atoms. The third-order valence-electron chi connectivity index (χ3n) is 2.78. The van der Waals surface area contributed by atoms with Gasteiger partial charge < -0.3 is 0 Å². The second kappa shape index (κ2) is 4.96. The SMILES string of the molecule is CC(=Cc1cccc(C)n1)c1ccc(C)cc1. The predicted octanol–water partition coefficient (Wildman–Crippen LogP) is 4.26. The van der Waals surface area contributed by atoms with Gasteiger partial charge >= 0.3 is 0 Å². The molecule has 86 valence electrons. The summed E-state index contributed by atoms with van der Waals surface area (Å²) in [7, 11) is 0. The molecule has 0 atom stereocenters. The van der Waals surface area contributed by atoms with Crippen LogP contribution in [-0.4, -0.2) is 4.98 Å². The molecule has 2 rings (SSSR count). The molecule has 1 aromatic heterocycles. The molecule has 1 aromatic carbocycles. The normalized spacial score (nSPS) is 11.6. The summed E-state index contributed by atoms with van der Waals surface area (Å²) in [5.41, 5.74) is 5.84. The molecule has 0 N–H and O–H groups in total. The van der Waals surface area contributed by atoms with Gasteiger partial charge in [0.2, 0.25) is 0 Å². The van der Waals surface area contributed by atoms with E-state index in [2.05, 4.69) is 49.2 Å². The van der Waals surface area contributed by atoms with Crippen LogP contribution in [0.2, 0.25) is 0 Å². The molecule has 0 bridgehead atoms. The number of benzene rings is 1. The van der Waals surface area contributed by atoms with Crippen molar-refractivity contribution in [3.63, 3.8) is 0 Å². The van der Waals surface area contributed by atoms with Crippen molar-refractivity contribution in [1.29, 1.82) is 0 Å². The van der Waals surface area contributed by atoms with E-state index < -0.39 is 0 Å². The fourth-order valence-corrected chi connectivity index (χ4v) is 1.77. The summed E-state index contributed by atoms with van der Waals surface area (Å²) in [5, 5.41) is 0. The molecule has 0 unspecified atom stereocenters. The Morgan fingerprint density at radius 2 is 1.71 bits per heavy atom. The van der Waals surface area contributed by atoms with Gasteiger partial charge in [0, 0.05) is 5.69 Å². The minimum Gasteiger partial charge on any atom is -0.254 e. The molecule has 2 aromatic rings. The molecule has 0 fully saturated rings. The third-order valence-corrected chi connectivity index (χ3v) is 2.78. The van der Waals surface area contributed by atoms with Crippen molar-refractivity contribution < 1.29 is 0 Å². The van der Waals surface area contributed by atoms with Gasteiger partial charge in [-0.25, -0.2) is 0 Å². The quantitative estimate of drug-likeness (QED) is 0.741. The second-order valence-electron chi connectivity index (χ2n) is 4.40. The van der Waals surface area contributed by atoms with Gasteiger partial charge in [-0.2, -0.15) is 0 Å². The first kappa shape index (κ1) is 11.6. The van der Waals surface area contributed by atoms with E-state index in [1.807, 2.05) is 25.1 Å². The minimum atomic E-state index is 1.02. The zero-order valence-electron chi connectivity index (χ0n) is 10.6. The summed E-state index contributed by atoms with van der Waals surface area (Å²) in [5.74, 6) is 0.